The molecule has 0 bridgehead atoms. The Labute approximate surface area is 171 Å². The number of methoxy groups -OCH3 is 1. The Balaban J connectivity index is 1.56. The Hall–Kier alpha value is -2.29. The summed E-state index contributed by atoms with van der Waals surface area (Å²) in [6.45, 7) is 2.35. The van der Waals surface area contributed by atoms with E-state index in [4.69, 9.17) is 18.9 Å². The highest BCUT2D eigenvalue weighted by Gasteiger charge is 2.36. The van der Waals surface area contributed by atoms with Gasteiger partial charge in [0.25, 0.3) is 0 Å². The first-order chi connectivity index (χ1) is 14.0. The number of sulfonamides is 1. The average molecular weight is 419 g/mol. The first-order valence-electron chi connectivity index (χ1n) is 9.64. The molecule has 8 heteroatoms. The molecule has 1 saturated heterocycles. The highest BCUT2D eigenvalue weighted by atomic mass is 32.2. The van der Waals surface area contributed by atoms with Crippen molar-refractivity contribution in [2.75, 3.05) is 40.1 Å². The number of ether oxygens (including phenoxy) is 4. The first-order valence-corrected chi connectivity index (χ1v) is 11.1. The zero-order chi connectivity index (χ0) is 20.3. The molecule has 0 spiro atoms. The molecule has 0 unspecified atom stereocenters. The van der Waals surface area contributed by atoms with Crippen molar-refractivity contribution in [1.29, 1.82) is 0 Å². The van der Waals surface area contributed by atoms with E-state index >= 15 is 0 Å². The van der Waals surface area contributed by atoms with Crippen molar-refractivity contribution in [1.82, 2.24) is 4.72 Å². The third kappa shape index (κ3) is 4.19. The molecule has 0 saturated carbocycles. The lowest BCUT2D eigenvalue weighted by Gasteiger charge is -2.38. The molecule has 0 atom stereocenters. The number of hydrogen-bond donors (Lipinski definition) is 1. The zero-order valence-corrected chi connectivity index (χ0v) is 17.2. The Morgan fingerprint density at radius 1 is 0.966 bits per heavy atom. The molecule has 1 fully saturated rings. The minimum absolute atomic E-state index is 0.165. The van der Waals surface area contributed by atoms with Gasteiger partial charge in [-0.3, -0.25) is 0 Å². The largest absolute Gasteiger partial charge is 0.497 e. The maximum Gasteiger partial charge on any atom is 0.240 e. The number of benzene rings is 2. The molecule has 4 rings (SSSR count). The lowest BCUT2D eigenvalue weighted by molar-refractivity contribution is 0.0517. The third-order valence-electron chi connectivity index (χ3n) is 5.58. The molecule has 2 aliphatic heterocycles. The van der Waals surface area contributed by atoms with Gasteiger partial charge in [-0.15, -0.1) is 0 Å². The smallest absolute Gasteiger partial charge is 0.240 e. The molecular weight excluding hydrogens is 394 g/mol. The van der Waals surface area contributed by atoms with Crippen molar-refractivity contribution < 1.29 is 27.4 Å². The molecule has 0 amide bonds. The van der Waals surface area contributed by atoms with Gasteiger partial charge < -0.3 is 18.9 Å². The quantitative estimate of drug-likeness (QED) is 0.775. The van der Waals surface area contributed by atoms with Crippen LogP contribution >= 0.6 is 0 Å². The summed E-state index contributed by atoms with van der Waals surface area (Å²) in [7, 11) is -2.08. The number of rotatable bonds is 6. The molecule has 0 aliphatic carbocycles. The van der Waals surface area contributed by atoms with Gasteiger partial charge in [-0.05, 0) is 42.7 Å². The first kappa shape index (κ1) is 20.0. The highest BCUT2D eigenvalue weighted by molar-refractivity contribution is 7.89. The van der Waals surface area contributed by atoms with Crippen molar-refractivity contribution in [3.63, 3.8) is 0 Å². The fourth-order valence-electron chi connectivity index (χ4n) is 3.78. The number of nitrogens with one attached hydrogen (secondary N) is 1. The fourth-order valence-corrected chi connectivity index (χ4v) is 4.92. The van der Waals surface area contributed by atoms with E-state index < -0.39 is 10.0 Å². The number of fused-ring (bicyclic) bond motifs is 1. The zero-order valence-electron chi connectivity index (χ0n) is 16.3. The van der Waals surface area contributed by atoms with E-state index in [9.17, 15) is 8.42 Å². The van der Waals surface area contributed by atoms with Gasteiger partial charge in [-0.25, -0.2) is 13.1 Å². The van der Waals surface area contributed by atoms with E-state index in [0.29, 0.717) is 44.5 Å². The highest BCUT2D eigenvalue weighted by Crippen LogP contribution is 2.36. The van der Waals surface area contributed by atoms with Crippen molar-refractivity contribution >= 4 is 10.0 Å². The Kier molecular flexibility index (Phi) is 5.67. The molecule has 2 aromatic carbocycles. The van der Waals surface area contributed by atoms with Crippen LogP contribution < -0.4 is 18.9 Å². The van der Waals surface area contributed by atoms with Gasteiger partial charge in [0.1, 0.15) is 19.0 Å². The maximum atomic E-state index is 13.0. The van der Waals surface area contributed by atoms with Crippen LogP contribution in [0, 0.1) is 0 Å². The van der Waals surface area contributed by atoms with E-state index in [1.165, 1.54) is 6.07 Å². The average Bonchev–Trinajstić information content (AvgIpc) is 2.78. The molecule has 2 heterocycles. The van der Waals surface area contributed by atoms with E-state index in [1.54, 1.807) is 19.2 Å². The van der Waals surface area contributed by atoms with Gasteiger partial charge in [-0.1, -0.05) is 12.1 Å². The van der Waals surface area contributed by atoms with Crippen LogP contribution in [0.15, 0.2) is 47.4 Å². The minimum Gasteiger partial charge on any atom is -0.497 e. The minimum atomic E-state index is -3.70. The van der Waals surface area contributed by atoms with Crippen molar-refractivity contribution in [2.45, 2.75) is 23.2 Å². The second-order valence-corrected chi connectivity index (χ2v) is 9.02. The molecule has 2 aromatic rings. The molecular formula is C21H25NO6S. The second-order valence-electron chi connectivity index (χ2n) is 7.25. The van der Waals surface area contributed by atoms with Gasteiger partial charge in [0.15, 0.2) is 11.5 Å². The van der Waals surface area contributed by atoms with E-state index in [1.807, 2.05) is 24.3 Å². The van der Waals surface area contributed by atoms with Crippen LogP contribution in [0.4, 0.5) is 0 Å². The van der Waals surface area contributed by atoms with E-state index in [-0.39, 0.29) is 10.3 Å². The Morgan fingerprint density at radius 2 is 1.66 bits per heavy atom. The van der Waals surface area contributed by atoms with Gasteiger partial charge in [0.05, 0.1) is 12.0 Å². The summed E-state index contributed by atoms with van der Waals surface area (Å²) < 4.78 is 50.5. The summed E-state index contributed by atoms with van der Waals surface area (Å²) in [6.07, 6.45) is 1.48. The van der Waals surface area contributed by atoms with Crippen LogP contribution in [-0.4, -0.2) is 48.5 Å². The summed E-state index contributed by atoms with van der Waals surface area (Å²) in [5, 5.41) is 0. The molecule has 2 aliphatic rings. The van der Waals surface area contributed by atoms with Crippen LogP contribution in [0.3, 0.4) is 0 Å². The summed E-state index contributed by atoms with van der Waals surface area (Å²) in [5.41, 5.74) is 0.747. The molecule has 7 nitrogen and oxygen atoms in total. The summed E-state index contributed by atoms with van der Waals surface area (Å²) >= 11 is 0. The lowest BCUT2D eigenvalue weighted by atomic mass is 9.74. The maximum absolute atomic E-state index is 13.0. The predicted molar refractivity (Wildman–Crippen MR) is 107 cm³/mol. The second kappa shape index (κ2) is 8.22. The molecule has 29 heavy (non-hydrogen) atoms. The normalized spacial score (nSPS) is 18.2. The van der Waals surface area contributed by atoms with Gasteiger partial charge in [0.2, 0.25) is 10.0 Å². The standard InChI is InChI=1S/C21H25NO6S/c1-25-17-4-2-16(3-5-17)21(8-10-26-11-9-21)15-22-29(23,24)18-6-7-19-20(14-18)28-13-12-27-19/h2-7,14,22H,8-13,15H2,1H3. The van der Waals surface area contributed by atoms with Crippen molar-refractivity contribution in [3.05, 3.63) is 48.0 Å². The van der Waals surface area contributed by atoms with Crippen LogP contribution in [-0.2, 0) is 20.2 Å². The fraction of sp³-hybridized carbons (Fsp3) is 0.429. The van der Waals surface area contributed by atoms with Gasteiger partial charge >= 0.3 is 0 Å². The molecule has 156 valence electrons. The van der Waals surface area contributed by atoms with E-state index in [2.05, 4.69) is 4.72 Å². The number of hydrogen-bond acceptors (Lipinski definition) is 6. The Morgan fingerprint density at radius 3 is 2.34 bits per heavy atom. The van der Waals surface area contributed by atoms with Crippen molar-refractivity contribution in [2.24, 2.45) is 0 Å². The van der Waals surface area contributed by atoms with E-state index in [0.717, 1.165) is 24.2 Å². The lowest BCUT2D eigenvalue weighted by Crippen LogP contribution is -2.44. The van der Waals surface area contributed by atoms with Crippen molar-refractivity contribution in [3.8, 4) is 17.2 Å². The monoisotopic (exact) mass is 419 g/mol. The third-order valence-corrected chi connectivity index (χ3v) is 6.98. The summed E-state index contributed by atoms with van der Waals surface area (Å²) in [4.78, 5) is 0.165. The summed E-state index contributed by atoms with van der Waals surface area (Å²) in [5.74, 6) is 1.79. The molecule has 1 N–H and O–H groups in total. The van der Waals surface area contributed by atoms with Gasteiger partial charge in [0, 0.05) is 31.2 Å². The molecule has 0 radical (unpaired) electrons. The topological polar surface area (TPSA) is 83.1 Å². The SMILES string of the molecule is COc1ccc(C2(CNS(=O)(=O)c3ccc4c(c3)OCCO4)CCOCC2)cc1. The summed E-state index contributed by atoms with van der Waals surface area (Å²) in [6, 6.07) is 12.5. The van der Waals surface area contributed by atoms with Crippen LogP contribution in [0.1, 0.15) is 18.4 Å². The van der Waals surface area contributed by atoms with Crippen LogP contribution in [0.5, 0.6) is 17.2 Å². The van der Waals surface area contributed by atoms with Crippen LogP contribution in [0.25, 0.3) is 0 Å². The predicted octanol–water partition coefficient (Wildman–Crippen LogP) is 2.49. The Bertz CT molecular complexity index is 952. The van der Waals surface area contributed by atoms with Gasteiger partial charge in [-0.2, -0.15) is 0 Å². The molecule has 0 aromatic heterocycles. The van der Waals surface area contributed by atoms with Crippen LogP contribution in [0.2, 0.25) is 0 Å².